The molecule has 0 atom stereocenters. The third kappa shape index (κ3) is 2.97. The smallest absolute Gasteiger partial charge is 0.343 e. The summed E-state index contributed by atoms with van der Waals surface area (Å²) in [5, 5.41) is -0.151. The molecular formula is C9H10Cl2FNO2. The van der Waals surface area contributed by atoms with Crippen LogP contribution in [0.3, 0.4) is 0 Å². The molecular weight excluding hydrogens is 244 g/mol. The fourth-order valence-electron chi connectivity index (χ4n) is 0.976. The number of benzene rings is 1. The average Bonchev–Trinajstić information content (AvgIpc) is 2.13. The van der Waals surface area contributed by atoms with E-state index in [2.05, 4.69) is 4.74 Å². The lowest BCUT2D eigenvalue weighted by atomic mass is 10.1. The molecule has 0 aromatic heterocycles. The predicted molar refractivity (Wildman–Crippen MR) is 59.0 cm³/mol. The zero-order valence-corrected chi connectivity index (χ0v) is 9.49. The average molecular weight is 254 g/mol. The Bertz CT molecular complexity index is 371. The number of nitrogens with two attached hydrogens (primary N) is 1. The molecule has 2 N–H and O–H groups in total. The first-order valence-corrected chi connectivity index (χ1v) is 4.36. The van der Waals surface area contributed by atoms with Gasteiger partial charge < -0.3 is 10.5 Å². The van der Waals surface area contributed by atoms with Crippen LogP contribution in [0.15, 0.2) is 12.1 Å². The van der Waals surface area contributed by atoms with Gasteiger partial charge in [-0.25, -0.2) is 9.18 Å². The molecule has 84 valence electrons. The van der Waals surface area contributed by atoms with Gasteiger partial charge in [0.1, 0.15) is 5.56 Å². The van der Waals surface area contributed by atoms with Crippen LogP contribution in [-0.2, 0) is 4.74 Å². The maximum absolute atomic E-state index is 13.3. The van der Waals surface area contributed by atoms with Crippen molar-refractivity contribution in [2.75, 3.05) is 12.3 Å². The van der Waals surface area contributed by atoms with Crippen LogP contribution in [0.25, 0.3) is 0 Å². The van der Waals surface area contributed by atoms with Crippen molar-refractivity contribution in [3.05, 3.63) is 28.5 Å². The first kappa shape index (κ1) is 14.0. The summed E-state index contributed by atoms with van der Waals surface area (Å²) in [5.41, 5.74) is 5.13. The fraction of sp³-hybridized carbons (Fsp3) is 0.222. The summed E-state index contributed by atoms with van der Waals surface area (Å²) < 4.78 is 18.0. The minimum atomic E-state index is -0.842. The molecule has 0 amide bonds. The van der Waals surface area contributed by atoms with Crippen molar-refractivity contribution in [3.63, 3.8) is 0 Å². The highest BCUT2D eigenvalue weighted by Crippen LogP contribution is 2.24. The first-order valence-electron chi connectivity index (χ1n) is 3.98. The second-order valence-corrected chi connectivity index (χ2v) is 2.95. The zero-order chi connectivity index (χ0) is 10.7. The van der Waals surface area contributed by atoms with Crippen LogP contribution >= 0.6 is 24.0 Å². The normalized spacial score (nSPS) is 9.27. The fourth-order valence-corrected chi connectivity index (χ4v) is 1.13. The quantitative estimate of drug-likeness (QED) is 0.652. The molecule has 0 bridgehead atoms. The van der Waals surface area contributed by atoms with Crippen molar-refractivity contribution in [3.8, 4) is 0 Å². The third-order valence-electron chi connectivity index (χ3n) is 1.61. The molecule has 0 aliphatic carbocycles. The lowest BCUT2D eigenvalue weighted by Crippen LogP contribution is -2.10. The summed E-state index contributed by atoms with van der Waals surface area (Å²) in [6, 6.07) is 2.65. The number of hydrogen-bond acceptors (Lipinski definition) is 3. The van der Waals surface area contributed by atoms with Crippen molar-refractivity contribution < 1.29 is 13.9 Å². The molecule has 3 nitrogen and oxygen atoms in total. The van der Waals surface area contributed by atoms with Crippen LogP contribution in [0.1, 0.15) is 17.3 Å². The van der Waals surface area contributed by atoms with Crippen LogP contribution in [0.2, 0.25) is 5.02 Å². The minimum absolute atomic E-state index is 0. The largest absolute Gasteiger partial charge is 0.462 e. The Hall–Kier alpha value is -1.000. The summed E-state index contributed by atoms with van der Waals surface area (Å²) in [4.78, 5) is 11.2. The Kier molecular flexibility index (Phi) is 5.39. The van der Waals surface area contributed by atoms with E-state index in [9.17, 15) is 9.18 Å². The molecule has 1 aromatic rings. The Morgan fingerprint density at radius 1 is 1.60 bits per heavy atom. The number of nitrogen functional groups attached to an aromatic ring is 1. The van der Waals surface area contributed by atoms with Gasteiger partial charge in [-0.1, -0.05) is 11.6 Å². The van der Waals surface area contributed by atoms with Gasteiger partial charge in [-0.05, 0) is 19.1 Å². The van der Waals surface area contributed by atoms with Gasteiger partial charge in [0.25, 0.3) is 0 Å². The molecule has 0 aliphatic heterocycles. The highest BCUT2D eigenvalue weighted by Gasteiger charge is 2.18. The number of carbonyl (C=O) groups excluding carboxylic acids is 1. The number of anilines is 1. The summed E-state index contributed by atoms with van der Waals surface area (Å²) >= 11 is 5.49. The van der Waals surface area contributed by atoms with Gasteiger partial charge in [0.05, 0.1) is 11.6 Å². The Morgan fingerprint density at radius 2 is 2.20 bits per heavy atom. The molecule has 0 saturated carbocycles. The van der Waals surface area contributed by atoms with E-state index in [0.717, 1.165) is 0 Å². The zero-order valence-electron chi connectivity index (χ0n) is 7.92. The van der Waals surface area contributed by atoms with E-state index in [-0.39, 0.29) is 35.3 Å². The number of rotatable bonds is 2. The monoisotopic (exact) mass is 253 g/mol. The first-order chi connectivity index (χ1) is 6.57. The number of hydrogen-bond donors (Lipinski definition) is 1. The number of carbonyl (C=O) groups is 1. The van der Waals surface area contributed by atoms with Gasteiger partial charge in [0, 0.05) is 5.69 Å². The highest BCUT2D eigenvalue weighted by atomic mass is 35.5. The third-order valence-corrected chi connectivity index (χ3v) is 1.90. The van der Waals surface area contributed by atoms with E-state index in [4.69, 9.17) is 17.3 Å². The second kappa shape index (κ2) is 5.78. The number of ether oxygens (including phenoxy) is 1. The molecule has 0 aliphatic rings. The van der Waals surface area contributed by atoms with Gasteiger partial charge in [-0.3, -0.25) is 0 Å². The van der Waals surface area contributed by atoms with E-state index >= 15 is 0 Å². The van der Waals surface area contributed by atoms with Crippen molar-refractivity contribution in [2.45, 2.75) is 6.92 Å². The second-order valence-electron chi connectivity index (χ2n) is 2.55. The van der Waals surface area contributed by atoms with Crippen molar-refractivity contribution >= 4 is 35.7 Å². The summed E-state index contributed by atoms with van der Waals surface area (Å²) in [7, 11) is 0. The van der Waals surface area contributed by atoms with Crippen LogP contribution in [-0.4, -0.2) is 12.6 Å². The van der Waals surface area contributed by atoms with Crippen molar-refractivity contribution in [2.24, 2.45) is 0 Å². The molecule has 0 unspecified atom stereocenters. The van der Waals surface area contributed by atoms with Gasteiger partial charge in [-0.2, -0.15) is 0 Å². The van der Waals surface area contributed by atoms with E-state index in [1.807, 2.05) is 0 Å². The number of esters is 1. The molecule has 6 heteroatoms. The summed E-state index contributed by atoms with van der Waals surface area (Å²) in [6.45, 7) is 1.78. The Labute approximate surface area is 97.8 Å². The van der Waals surface area contributed by atoms with Crippen LogP contribution in [0.4, 0.5) is 10.1 Å². The van der Waals surface area contributed by atoms with Gasteiger partial charge >= 0.3 is 5.97 Å². The number of halogens is 3. The Morgan fingerprint density at radius 3 is 2.73 bits per heavy atom. The van der Waals surface area contributed by atoms with Crippen molar-refractivity contribution in [1.82, 2.24) is 0 Å². The molecule has 1 aromatic carbocycles. The van der Waals surface area contributed by atoms with Crippen LogP contribution in [0, 0.1) is 5.82 Å². The topological polar surface area (TPSA) is 52.3 Å². The van der Waals surface area contributed by atoms with Gasteiger partial charge in [-0.15, -0.1) is 12.4 Å². The Balaban J connectivity index is 0.00000196. The molecule has 0 fully saturated rings. The SMILES string of the molecule is CCOC(=O)c1c(N)ccc(Cl)c1F.Cl. The minimum Gasteiger partial charge on any atom is -0.462 e. The van der Waals surface area contributed by atoms with E-state index in [1.54, 1.807) is 6.92 Å². The van der Waals surface area contributed by atoms with E-state index in [1.165, 1.54) is 12.1 Å². The maximum atomic E-state index is 13.3. The van der Waals surface area contributed by atoms with Gasteiger partial charge in [0.2, 0.25) is 0 Å². The summed E-state index contributed by atoms with van der Waals surface area (Å²) in [5.74, 6) is -1.64. The molecule has 0 radical (unpaired) electrons. The summed E-state index contributed by atoms with van der Waals surface area (Å²) in [6.07, 6.45) is 0. The molecule has 0 spiro atoms. The lowest BCUT2D eigenvalue weighted by Gasteiger charge is -2.06. The van der Waals surface area contributed by atoms with E-state index < -0.39 is 11.8 Å². The highest BCUT2D eigenvalue weighted by molar-refractivity contribution is 6.31. The molecule has 0 saturated heterocycles. The van der Waals surface area contributed by atoms with E-state index in [0.29, 0.717) is 0 Å². The standard InChI is InChI=1S/C9H9ClFNO2.ClH/c1-2-14-9(13)7-6(12)4-3-5(10)8(7)11;/h3-4H,2,12H2,1H3;1H. The van der Waals surface area contributed by atoms with Gasteiger partial charge in [0.15, 0.2) is 5.82 Å². The lowest BCUT2D eigenvalue weighted by molar-refractivity contribution is 0.0522. The molecule has 0 heterocycles. The van der Waals surface area contributed by atoms with Crippen LogP contribution in [0.5, 0.6) is 0 Å². The predicted octanol–water partition coefficient (Wildman–Crippen LogP) is 2.66. The maximum Gasteiger partial charge on any atom is 0.343 e. The molecule has 15 heavy (non-hydrogen) atoms. The van der Waals surface area contributed by atoms with Crippen LogP contribution < -0.4 is 5.73 Å². The molecule has 1 rings (SSSR count). The van der Waals surface area contributed by atoms with Crippen molar-refractivity contribution in [1.29, 1.82) is 0 Å².